The van der Waals surface area contributed by atoms with Gasteiger partial charge in [0.05, 0.1) is 11.7 Å². The number of aromatic nitrogens is 2. The van der Waals surface area contributed by atoms with Crippen LogP contribution in [0, 0.1) is 12.8 Å². The molecule has 0 bridgehead atoms. The molecule has 2 aliphatic rings. The van der Waals surface area contributed by atoms with Crippen molar-refractivity contribution < 1.29 is 4.79 Å². The van der Waals surface area contributed by atoms with E-state index in [1.165, 1.54) is 19.3 Å². The van der Waals surface area contributed by atoms with Crippen LogP contribution >= 0.6 is 0 Å². The average molecular weight is 380 g/mol. The molecule has 0 atom stereocenters. The summed E-state index contributed by atoms with van der Waals surface area (Å²) < 4.78 is 1.65. The maximum Gasteiger partial charge on any atom is 0.267 e. The number of likely N-dealkylation sites (tertiary alicyclic amines) is 1. The first kappa shape index (κ1) is 18.9. The van der Waals surface area contributed by atoms with Crippen molar-refractivity contribution in [3.63, 3.8) is 0 Å². The van der Waals surface area contributed by atoms with Crippen molar-refractivity contribution in [3.8, 4) is 11.3 Å². The topological polar surface area (TPSA) is 55.2 Å². The molecule has 1 amide bonds. The molecule has 2 heterocycles. The number of hydrogen-bond acceptors (Lipinski definition) is 3. The van der Waals surface area contributed by atoms with Crippen LogP contribution in [0.5, 0.6) is 0 Å². The number of piperidine rings is 1. The van der Waals surface area contributed by atoms with Gasteiger partial charge in [0.2, 0.25) is 5.91 Å². The highest BCUT2D eigenvalue weighted by molar-refractivity contribution is 5.79. The maximum absolute atomic E-state index is 12.8. The Bertz CT molecular complexity index is 876. The van der Waals surface area contributed by atoms with E-state index < -0.39 is 0 Å². The zero-order valence-corrected chi connectivity index (χ0v) is 16.6. The van der Waals surface area contributed by atoms with Crippen LogP contribution in [-0.2, 0) is 4.79 Å². The Morgan fingerprint density at radius 1 is 1.00 bits per heavy atom. The molecule has 1 aliphatic heterocycles. The Kier molecular flexibility index (Phi) is 5.60. The Hall–Kier alpha value is -2.43. The number of amides is 1. The van der Waals surface area contributed by atoms with Gasteiger partial charge >= 0.3 is 0 Å². The predicted octanol–water partition coefficient (Wildman–Crippen LogP) is 3.96. The van der Waals surface area contributed by atoms with E-state index in [4.69, 9.17) is 5.10 Å². The van der Waals surface area contributed by atoms with Crippen molar-refractivity contribution in [1.29, 1.82) is 0 Å². The first-order valence-electron chi connectivity index (χ1n) is 10.6. The van der Waals surface area contributed by atoms with Crippen molar-refractivity contribution in [2.75, 3.05) is 13.1 Å². The highest BCUT2D eigenvalue weighted by Crippen LogP contribution is 2.29. The largest absolute Gasteiger partial charge is 0.342 e. The van der Waals surface area contributed by atoms with Crippen LogP contribution in [0.15, 0.2) is 41.2 Å². The minimum absolute atomic E-state index is 0.0470. The smallest absolute Gasteiger partial charge is 0.267 e. The maximum atomic E-state index is 12.8. The Morgan fingerprint density at radius 3 is 2.36 bits per heavy atom. The summed E-state index contributed by atoms with van der Waals surface area (Å²) in [5, 5.41) is 4.73. The van der Waals surface area contributed by atoms with Gasteiger partial charge < -0.3 is 4.90 Å². The fourth-order valence-electron chi connectivity index (χ4n) is 4.64. The highest BCUT2D eigenvalue weighted by Gasteiger charge is 2.30. The lowest BCUT2D eigenvalue weighted by molar-refractivity contribution is -0.137. The van der Waals surface area contributed by atoms with E-state index in [-0.39, 0.29) is 17.5 Å². The number of rotatable bonds is 3. The summed E-state index contributed by atoms with van der Waals surface area (Å²) in [6.07, 6.45) is 7.29. The number of carbonyl (C=O) groups excluding carboxylic acids is 1. The second-order valence-corrected chi connectivity index (χ2v) is 8.22. The van der Waals surface area contributed by atoms with Crippen molar-refractivity contribution in [2.45, 2.75) is 57.9 Å². The standard InChI is InChI=1S/C23H29N3O2/c1-17-16-21(27)26(24-22(17)18-8-4-2-5-9-18)20-12-14-25(15-13-20)23(28)19-10-6-3-7-11-19/h2,4-5,8-9,16,19-20H,3,6-7,10-15H2,1H3. The van der Waals surface area contributed by atoms with Crippen LogP contribution in [0.3, 0.4) is 0 Å². The van der Waals surface area contributed by atoms with E-state index in [9.17, 15) is 9.59 Å². The van der Waals surface area contributed by atoms with Gasteiger partial charge in [-0.2, -0.15) is 5.10 Å². The third kappa shape index (κ3) is 3.89. The third-order valence-electron chi connectivity index (χ3n) is 6.27. The molecule has 148 valence electrons. The Morgan fingerprint density at radius 2 is 1.68 bits per heavy atom. The molecule has 4 rings (SSSR count). The number of nitrogens with zero attached hydrogens (tertiary/aromatic N) is 3. The summed E-state index contributed by atoms with van der Waals surface area (Å²) in [6.45, 7) is 3.39. The summed E-state index contributed by atoms with van der Waals surface area (Å²) in [4.78, 5) is 27.4. The van der Waals surface area contributed by atoms with Gasteiger partial charge in [-0.25, -0.2) is 4.68 Å². The molecule has 2 aromatic rings. The molecule has 1 aromatic heterocycles. The minimum atomic E-state index is -0.0470. The van der Waals surface area contributed by atoms with Gasteiger partial charge in [0.15, 0.2) is 0 Å². The van der Waals surface area contributed by atoms with E-state index in [0.717, 1.165) is 55.6 Å². The SMILES string of the molecule is Cc1cc(=O)n(C2CCN(C(=O)C3CCCCC3)CC2)nc1-c1ccccc1. The average Bonchev–Trinajstić information content (AvgIpc) is 2.75. The molecule has 28 heavy (non-hydrogen) atoms. The molecule has 1 aliphatic carbocycles. The molecule has 5 heteroatoms. The Labute approximate surface area is 166 Å². The summed E-state index contributed by atoms with van der Waals surface area (Å²) in [7, 11) is 0. The van der Waals surface area contributed by atoms with E-state index in [1.807, 2.05) is 42.2 Å². The number of benzene rings is 1. The molecular formula is C23H29N3O2. The number of hydrogen-bond donors (Lipinski definition) is 0. The van der Waals surface area contributed by atoms with Gasteiger partial charge in [0, 0.05) is 30.6 Å². The van der Waals surface area contributed by atoms with E-state index in [2.05, 4.69) is 0 Å². The van der Waals surface area contributed by atoms with Crippen LogP contribution in [0.4, 0.5) is 0 Å². The number of carbonyl (C=O) groups is 1. The highest BCUT2D eigenvalue weighted by atomic mass is 16.2. The molecule has 1 aromatic carbocycles. The molecule has 1 saturated heterocycles. The molecule has 0 unspecified atom stereocenters. The van der Waals surface area contributed by atoms with Crippen LogP contribution in [-0.4, -0.2) is 33.7 Å². The lowest BCUT2D eigenvalue weighted by Crippen LogP contribution is -2.44. The van der Waals surface area contributed by atoms with Crippen LogP contribution in [0.25, 0.3) is 11.3 Å². The van der Waals surface area contributed by atoms with Gasteiger partial charge in [-0.1, -0.05) is 49.6 Å². The van der Waals surface area contributed by atoms with Crippen molar-refractivity contribution in [3.05, 3.63) is 52.3 Å². The fraction of sp³-hybridized carbons (Fsp3) is 0.522. The summed E-state index contributed by atoms with van der Waals surface area (Å²) in [5.41, 5.74) is 2.74. The van der Waals surface area contributed by atoms with Crippen LogP contribution in [0.1, 0.15) is 56.6 Å². The van der Waals surface area contributed by atoms with E-state index >= 15 is 0 Å². The third-order valence-corrected chi connectivity index (χ3v) is 6.27. The first-order chi connectivity index (χ1) is 13.6. The molecule has 1 saturated carbocycles. The lowest BCUT2D eigenvalue weighted by Gasteiger charge is -2.35. The normalized spacial score (nSPS) is 19.0. The molecule has 2 fully saturated rings. The molecule has 0 radical (unpaired) electrons. The lowest BCUT2D eigenvalue weighted by atomic mass is 9.87. The quantitative estimate of drug-likeness (QED) is 0.811. The minimum Gasteiger partial charge on any atom is -0.342 e. The van der Waals surface area contributed by atoms with Crippen molar-refractivity contribution >= 4 is 5.91 Å². The van der Waals surface area contributed by atoms with E-state index in [0.29, 0.717) is 5.91 Å². The zero-order chi connectivity index (χ0) is 19.5. The van der Waals surface area contributed by atoms with Crippen molar-refractivity contribution in [1.82, 2.24) is 14.7 Å². The monoisotopic (exact) mass is 379 g/mol. The number of aryl methyl sites for hydroxylation is 1. The van der Waals surface area contributed by atoms with Gasteiger partial charge in [0.25, 0.3) is 5.56 Å². The zero-order valence-electron chi connectivity index (χ0n) is 16.6. The van der Waals surface area contributed by atoms with Crippen LogP contribution in [0.2, 0.25) is 0 Å². The van der Waals surface area contributed by atoms with Crippen molar-refractivity contribution in [2.24, 2.45) is 5.92 Å². The molecule has 5 nitrogen and oxygen atoms in total. The fourth-order valence-corrected chi connectivity index (χ4v) is 4.64. The van der Waals surface area contributed by atoms with Gasteiger partial charge in [-0.3, -0.25) is 9.59 Å². The Balaban J connectivity index is 1.49. The molecule has 0 N–H and O–H groups in total. The summed E-state index contributed by atoms with van der Waals surface area (Å²) in [6, 6.07) is 11.8. The predicted molar refractivity (Wildman–Crippen MR) is 110 cm³/mol. The van der Waals surface area contributed by atoms with Gasteiger partial charge in [-0.15, -0.1) is 0 Å². The summed E-state index contributed by atoms with van der Waals surface area (Å²) >= 11 is 0. The second-order valence-electron chi connectivity index (χ2n) is 8.22. The van der Waals surface area contributed by atoms with E-state index in [1.54, 1.807) is 10.7 Å². The van der Waals surface area contributed by atoms with Gasteiger partial charge in [0.1, 0.15) is 0 Å². The molecule has 0 spiro atoms. The second kappa shape index (κ2) is 8.29. The molecular weight excluding hydrogens is 350 g/mol. The summed E-state index contributed by atoms with van der Waals surface area (Å²) in [5.74, 6) is 0.544. The van der Waals surface area contributed by atoms with Gasteiger partial charge in [-0.05, 0) is 38.2 Å². The van der Waals surface area contributed by atoms with Crippen LogP contribution < -0.4 is 5.56 Å². The first-order valence-corrected chi connectivity index (χ1v) is 10.6.